The summed E-state index contributed by atoms with van der Waals surface area (Å²) in [5.74, 6) is 0.371. The number of rotatable bonds is 7. The fraction of sp³-hybridized carbons (Fsp3) is 0.529. The molecule has 0 radical (unpaired) electrons. The number of hydrogen-bond acceptors (Lipinski definition) is 4. The fourth-order valence-electron chi connectivity index (χ4n) is 2.89. The van der Waals surface area contributed by atoms with Crippen molar-refractivity contribution in [2.45, 2.75) is 31.7 Å². The number of anilines is 1. The van der Waals surface area contributed by atoms with Crippen LogP contribution in [-0.4, -0.2) is 44.7 Å². The van der Waals surface area contributed by atoms with Gasteiger partial charge in [-0.2, -0.15) is 0 Å². The van der Waals surface area contributed by atoms with Gasteiger partial charge < -0.3 is 14.8 Å². The van der Waals surface area contributed by atoms with Gasteiger partial charge in [0.1, 0.15) is 11.3 Å². The van der Waals surface area contributed by atoms with Gasteiger partial charge in [-0.15, -0.1) is 0 Å². The second-order valence-corrected chi connectivity index (χ2v) is 5.78. The molecule has 0 unspecified atom stereocenters. The summed E-state index contributed by atoms with van der Waals surface area (Å²) in [6.07, 6.45) is 1.57. The number of nitrogens with zero attached hydrogens (tertiary/aromatic N) is 1. The van der Waals surface area contributed by atoms with E-state index >= 15 is 0 Å². The summed E-state index contributed by atoms with van der Waals surface area (Å²) in [5.41, 5.74) is -0.272. The van der Waals surface area contributed by atoms with E-state index < -0.39 is 5.54 Å². The number of hydrogen-bond donors (Lipinski definition) is 1. The Bertz CT molecular complexity index is 575. The molecule has 1 saturated heterocycles. The van der Waals surface area contributed by atoms with Crippen molar-refractivity contribution in [1.29, 1.82) is 0 Å². The van der Waals surface area contributed by atoms with E-state index in [2.05, 4.69) is 5.32 Å². The van der Waals surface area contributed by atoms with Crippen LogP contribution in [0, 0.1) is 0 Å². The Labute approximate surface area is 136 Å². The third-order valence-corrected chi connectivity index (χ3v) is 4.19. The first kappa shape index (κ1) is 17.3. The highest BCUT2D eigenvalue weighted by molar-refractivity contribution is 6.07. The van der Waals surface area contributed by atoms with Crippen LogP contribution in [0.4, 0.5) is 5.69 Å². The van der Waals surface area contributed by atoms with E-state index in [4.69, 9.17) is 9.47 Å². The summed E-state index contributed by atoms with van der Waals surface area (Å²) >= 11 is 0. The molecular weight excluding hydrogens is 296 g/mol. The lowest BCUT2D eigenvalue weighted by Crippen LogP contribution is -2.55. The number of carbonyl (C=O) groups is 2. The van der Waals surface area contributed by atoms with Gasteiger partial charge in [0.25, 0.3) is 0 Å². The van der Waals surface area contributed by atoms with Gasteiger partial charge in [-0.3, -0.25) is 14.5 Å². The number of methoxy groups -OCH3 is 2. The zero-order valence-corrected chi connectivity index (χ0v) is 13.9. The van der Waals surface area contributed by atoms with Crippen molar-refractivity contribution in [2.24, 2.45) is 0 Å². The highest BCUT2D eigenvalue weighted by Gasteiger charge is 2.48. The highest BCUT2D eigenvalue weighted by Crippen LogP contribution is 2.39. The summed E-state index contributed by atoms with van der Waals surface area (Å²) in [4.78, 5) is 26.6. The van der Waals surface area contributed by atoms with Crippen LogP contribution in [0.25, 0.3) is 0 Å². The van der Waals surface area contributed by atoms with Crippen LogP contribution in [0.3, 0.4) is 0 Å². The van der Waals surface area contributed by atoms with Crippen molar-refractivity contribution < 1.29 is 19.1 Å². The van der Waals surface area contributed by atoms with Crippen molar-refractivity contribution in [2.75, 3.05) is 32.3 Å². The van der Waals surface area contributed by atoms with Crippen LogP contribution in [0.1, 0.15) is 26.2 Å². The second kappa shape index (κ2) is 7.46. The molecule has 1 aliphatic heterocycles. The maximum atomic E-state index is 12.7. The minimum absolute atomic E-state index is 0.0657. The van der Waals surface area contributed by atoms with Gasteiger partial charge in [0.2, 0.25) is 11.8 Å². The normalized spacial score (nSPS) is 20.7. The quantitative estimate of drug-likeness (QED) is 0.777. The largest absolute Gasteiger partial charge is 0.495 e. The molecule has 0 spiro atoms. The summed E-state index contributed by atoms with van der Waals surface area (Å²) in [6.45, 7) is 2.92. The summed E-state index contributed by atoms with van der Waals surface area (Å²) < 4.78 is 10.3. The van der Waals surface area contributed by atoms with Crippen LogP contribution in [0.2, 0.25) is 0 Å². The molecule has 2 amide bonds. The first-order chi connectivity index (χ1) is 11.0. The average molecular weight is 320 g/mol. The van der Waals surface area contributed by atoms with E-state index in [1.165, 1.54) is 0 Å². The molecule has 23 heavy (non-hydrogen) atoms. The Kier molecular flexibility index (Phi) is 5.60. The minimum Gasteiger partial charge on any atom is -0.495 e. The molecule has 2 rings (SSSR count). The van der Waals surface area contributed by atoms with Gasteiger partial charge in [-0.25, -0.2) is 0 Å². The maximum Gasteiger partial charge on any atom is 0.246 e. The monoisotopic (exact) mass is 320 g/mol. The number of carbonyl (C=O) groups excluding carboxylic acids is 2. The van der Waals surface area contributed by atoms with E-state index in [1.54, 1.807) is 38.2 Å². The van der Waals surface area contributed by atoms with Gasteiger partial charge >= 0.3 is 0 Å². The van der Waals surface area contributed by atoms with Crippen LogP contribution >= 0.6 is 0 Å². The molecule has 1 heterocycles. The molecule has 0 bridgehead atoms. The lowest BCUT2D eigenvalue weighted by Gasteiger charge is -2.34. The number of nitrogens with one attached hydrogen (secondary N) is 1. The van der Waals surface area contributed by atoms with E-state index in [0.717, 1.165) is 6.42 Å². The van der Waals surface area contributed by atoms with Gasteiger partial charge in [-0.05, 0) is 31.9 Å². The first-order valence-corrected chi connectivity index (χ1v) is 7.78. The van der Waals surface area contributed by atoms with Gasteiger partial charge in [0.15, 0.2) is 0 Å². The maximum absolute atomic E-state index is 12.7. The lowest BCUT2D eigenvalue weighted by molar-refractivity contribution is -0.127. The van der Waals surface area contributed by atoms with Crippen LogP contribution in [0.5, 0.6) is 5.75 Å². The van der Waals surface area contributed by atoms with E-state index in [9.17, 15) is 9.59 Å². The van der Waals surface area contributed by atoms with Crippen LogP contribution in [0.15, 0.2) is 24.3 Å². The van der Waals surface area contributed by atoms with Crippen molar-refractivity contribution in [3.05, 3.63) is 24.3 Å². The Morgan fingerprint density at radius 2 is 2.09 bits per heavy atom. The SMILES string of the molecule is COCCCNC(=O)[C@]1(C)CCC(=O)N1c1ccccc1OC. The Balaban J connectivity index is 2.22. The minimum atomic E-state index is -0.904. The van der Waals surface area contributed by atoms with Crippen molar-refractivity contribution in [1.82, 2.24) is 5.32 Å². The molecule has 1 fully saturated rings. The molecule has 6 heteroatoms. The van der Waals surface area contributed by atoms with E-state index in [1.807, 2.05) is 12.1 Å². The Hall–Kier alpha value is -2.08. The molecule has 1 aromatic rings. The third-order valence-electron chi connectivity index (χ3n) is 4.19. The molecule has 126 valence electrons. The molecular formula is C17H24N2O4. The van der Waals surface area contributed by atoms with Crippen LogP contribution in [-0.2, 0) is 14.3 Å². The topological polar surface area (TPSA) is 67.9 Å². The summed E-state index contributed by atoms with van der Waals surface area (Å²) in [7, 11) is 3.18. The van der Waals surface area contributed by atoms with Crippen LogP contribution < -0.4 is 15.0 Å². The Morgan fingerprint density at radius 3 is 2.78 bits per heavy atom. The second-order valence-electron chi connectivity index (χ2n) is 5.78. The average Bonchev–Trinajstić information content (AvgIpc) is 2.87. The van der Waals surface area contributed by atoms with Gasteiger partial charge in [0.05, 0.1) is 12.8 Å². The predicted octanol–water partition coefficient (Wildman–Crippen LogP) is 1.73. The zero-order chi connectivity index (χ0) is 16.9. The smallest absolute Gasteiger partial charge is 0.246 e. The predicted molar refractivity (Wildman–Crippen MR) is 87.6 cm³/mol. The van der Waals surface area contributed by atoms with E-state index in [-0.39, 0.29) is 11.8 Å². The van der Waals surface area contributed by atoms with Gasteiger partial charge in [0, 0.05) is 26.7 Å². The molecule has 6 nitrogen and oxygen atoms in total. The summed E-state index contributed by atoms with van der Waals surface area (Å²) in [5, 5.41) is 2.90. The number of amides is 2. The summed E-state index contributed by atoms with van der Waals surface area (Å²) in [6, 6.07) is 7.27. The standard InChI is InChI=1S/C17H24N2O4/c1-17(16(21)18-11-6-12-22-2)10-9-15(20)19(17)13-7-4-5-8-14(13)23-3/h4-5,7-8H,6,9-12H2,1-3H3,(H,18,21)/t17-/m0/s1. The zero-order valence-electron chi connectivity index (χ0n) is 13.9. The van der Waals surface area contributed by atoms with Crippen molar-refractivity contribution in [3.63, 3.8) is 0 Å². The lowest BCUT2D eigenvalue weighted by atomic mass is 9.97. The number of ether oxygens (including phenoxy) is 2. The number of benzene rings is 1. The van der Waals surface area contributed by atoms with Gasteiger partial charge in [-0.1, -0.05) is 12.1 Å². The molecule has 0 aliphatic carbocycles. The molecule has 1 N–H and O–H groups in total. The molecule has 0 saturated carbocycles. The third kappa shape index (κ3) is 3.47. The molecule has 1 atom stereocenters. The molecule has 1 aliphatic rings. The van der Waals surface area contributed by atoms with Crippen molar-refractivity contribution in [3.8, 4) is 5.75 Å². The Morgan fingerprint density at radius 1 is 1.35 bits per heavy atom. The fourth-order valence-corrected chi connectivity index (χ4v) is 2.89. The van der Waals surface area contributed by atoms with Crippen molar-refractivity contribution >= 4 is 17.5 Å². The molecule has 1 aromatic carbocycles. The highest BCUT2D eigenvalue weighted by atomic mass is 16.5. The first-order valence-electron chi connectivity index (χ1n) is 7.78. The molecule has 0 aromatic heterocycles. The van der Waals surface area contributed by atoms with E-state index in [0.29, 0.717) is 37.4 Å². The number of para-hydroxylation sites is 2.